The zero-order chi connectivity index (χ0) is 14.8. The van der Waals surface area contributed by atoms with Crippen LogP contribution >= 0.6 is 0 Å². The van der Waals surface area contributed by atoms with Crippen LogP contribution in [-0.2, 0) is 28.5 Å². The quantitative estimate of drug-likeness (QED) is 0.414. The summed E-state index contributed by atoms with van der Waals surface area (Å²) in [6.45, 7) is 5.08. The fourth-order valence-corrected chi connectivity index (χ4v) is 2.42. The zero-order valence-electron chi connectivity index (χ0n) is 12.0. The van der Waals surface area contributed by atoms with E-state index in [2.05, 4.69) is 0 Å². The van der Waals surface area contributed by atoms with Gasteiger partial charge in [-0.15, -0.1) is 0 Å². The Kier molecular flexibility index (Phi) is 4.45. The lowest BCUT2D eigenvalue weighted by atomic mass is 9.95. The molecule has 2 aliphatic heterocycles. The molecule has 2 heterocycles. The summed E-state index contributed by atoms with van der Waals surface area (Å²) in [5, 5.41) is 0. The third kappa shape index (κ3) is 3.58. The van der Waals surface area contributed by atoms with Crippen molar-refractivity contribution in [2.45, 2.75) is 45.2 Å². The van der Waals surface area contributed by atoms with E-state index in [-0.39, 0.29) is 18.1 Å². The number of ether oxygens (including phenoxy) is 4. The molecule has 0 aromatic carbocycles. The number of esters is 2. The Morgan fingerprint density at radius 3 is 2.65 bits per heavy atom. The molecular formula is C14H20O6. The first kappa shape index (κ1) is 15.0. The van der Waals surface area contributed by atoms with Crippen molar-refractivity contribution >= 4 is 11.9 Å². The van der Waals surface area contributed by atoms with E-state index >= 15 is 0 Å². The molecule has 0 radical (unpaired) electrons. The van der Waals surface area contributed by atoms with Crippen molar-refractivity contribution in [3.8, 4) is 0 Å². The Labute approximate surface area is 118 Å². The molecule has 2 aliphatic rings. The van der Waals surface area contributed by atoms with Crippen LogP contribution in [0.1, 0.15) is 27.2 Å². The maximum Gasteiger partial charge on any atom is 0.346 e. The molecule has 0 aromatic heterocycles. The minimum Gasteiger partial charge on any atom is -0.453 e. The van der Waals surface area contributed by atoms with Gasteiger partial charge in [0.25, 0.3) is 0 Å². The van der Waals surface area contributed by atoms with Gasteiger partial charge in [-0.25, -0.2) is 4.79 Å². The fourth-order valence-electron chi connectivity index (χ4n) is 2.42. The van der Waals surface area contributed by atoms with Gasteiger partial charge in [-0.2, -0.15) is 0 Å². The monoisotopic (exact) mass is 284 g/mol. The van der Waals surface area contributed by atoms with E-state index in [1.54, 1.807) is 20.8 Å². The Morgan fingerprint density at radius 1 is 1.35 bits per heavy atom. The second-order valence-electron chi connectivity index (χ2n) is 5.28. The molecule has 1 saturated heterocycles. The molecule has 1 fully saturated rings. The second kappa shape index (κ2) is 5.93. The highest BCUT2D eigenvalue weighted by molar-refractivity contribution is 5.79. The number of carbonyl (C=O) groups excluding carboxylic acids is 2. The lowest BCUT2D eigenvalue weighted by molar-refractivity contribution is -0.218. The molecule has 0 saturated carbocycles. The van der Waals surface area contributed by atoms with Crippen LogP contribution in [0.15, 0.2) is 12.2 Å². The number of hydrogen-bond donors (Lipinski definition) is 0. The normalized spacial score (nSPS) is 27.6. The molecule has 6 heteroatoms. The van der Waals surface area contributed by atoms with Gasteiger partial charge in [-0.1, -0.05) is 12.2 Å². The van der Waals surface area contributed by atoms with Crippen LogP contribution in [0.3, 0.4) is 0 Å². The van der Waals surface area contributed by atoms with Crippen molar-refractivity contribution in [1.29, 1.82) is 0 Å². The molecule has 0 spiro atoms. The third-order valence-electron chi connectivity index (χ3n) is 3.22. The molecule has 0 N–H and O–H groups in total. The maximum atomic E-state index is 11.9. The average molecular weight is 284 g/mol. The molecule has 2 bridgehead atoms. The van der Waals surface area contributed by atoms with Crippen molar-refractivity contribution < 1.29 is 28.5 Å². The van der Waals surface area contributed by atoms with Crippen molar-refractivity contribution in [3.63, 3.8) is 0 Å². The first-order chi connectivity index (χ1) is 9.41. The number of rotatable bonds is 6. The Balaban J connectivity index is 1.73. The third-order valence-corrected chi connectivity index (χ3v) is 3.22. The van der Waals surface area contributed by atoms with E-state index in [0.717, 1.165) is 0 Å². The van der Waals surface area contributed by atoms with E-state index < -0.39 is 24.3 Å². The number of hydrogen-bond acceptors (Lipinski definition) is 6. The van der Waals surface area contributed by atoms with Gasteiger partial charge in [0, 0.05) is 20.5 Å². The molecule has 20 heavy (non-hydrogen) atoms. The van der Waals surface area contributed by atoms with Gasteiger partial charge in [0.05, 0.1) is 18.1 Å². The van der Waals surface area contributed by atoms with Crippen molar-refractivity contribution in [3.05, 3.63) is 12.2 Å². The highest BCUT2D eigenvalue weighted by Crippen LogP contribution is 2.34. The Hall–Kier alpha value is -1.40. The predicted molar refractivity (Wildman–Crippen MR) is 68.7 cm³/mol. The van der Waals surface area contributed by atoms with Crippen LogP contribution in [0.5, 0.6) is 0 Å². The number of carbonyl (C=O) groups is 2. The molecule has 2 rings (SSSR count). The van der Waals surface area contributed by atoms with Crippen LogP contribution in [0.4, 0.5) is 0 Å². The fraction of sp³-hybridized carbons (Fsp3) is 0.714. The lowest BCUT2D eigenvalue weighted by Gasteiger charge is -2.24. The van der Waals surface area contributed by atoms with Gasteiger partial charge in [-0.3, -0.25) is 4.79 Å². The van der Waals surface area contributed by atoms with Crippen molar-refractivity contribution in [2.75, 3.05) is 13.2 Å². The van der Waals surface area contributed by atoms with Crippen LogP contribution in [0.2, 0.25) is 0 Å². The molecule has 3 unspecified atom stereocenters. The van der Waals surface area contributed by atoms with Crippen LogP contribution in [-0.4, -0.2) is 43.1 Å². The molecule has 3 atom stereocenters. The summed E-state index contributed by atoms with van der Waals surface area (Å²) in [4.78, 5) is 23.4. The predicted octanol–water partition coefficient (Wildman–Crippen LogP) is 1.19. The molecule has 0 amide bonds. The minimum atomic E-state index is -1.02. The average Bonchev–Trinajstić information content (AvgIpc) is 2.97. The molecule has 0 aliphatic carbocycles. The summed E-state index contributed by atoms with van der Waals surface area (Å²) in [6.07, 6.45) is 4.19. The highest BCUT2D eigenvalue weighted by atomic mass is 16.7. The van der Waals surface area contributed by atoms with Crippen LogP contribution < -0.4 is 0 Å². The molecular weight excluding hydrogens is 264 g/mol. The molecule has 0 aromatic rings. The van der Waals surface area contributed by atoms with Gasteiger partial charge >= 0.3 is 11.9 Å². The summed E-state index contributed by atoms with van der Waals surface area (Å²) in [7, 11) is 0. The van der Waals surface area contributed by atoms with Gasteiger partial charge in [0.1, 0.15) is 0 Å². The Bertz CT molecular complexity index is 414. The molecule has 6 nitrogen and oxygen atoms in total. The topological polar surface area (TPSA) is 71.1 Å². The first-order valence-corrected chi connectivity index (χ1v) is 6.77. The first-order valence-electron chi connectivity index (χ1n) is 6.77. The minimum absolute atomic E-state index is 0.00129. The number of fused-ring (bicyclic) bond motifs is 2. The zero-order valence-corrected chi connectivity index (χ0v) is 12.0. The van der Waals surface area contributed by atoms with Crippen LogP contribution in [0.25, 0.3) is 0 Å². The highest BCUT2D eigenvalue weighted by Gasteiger charge is 2.42. The van der Waals surface area contributed by atoms with Crippen LogP contribution in [0, 0.1) is 5.92 Å². The lowest BCUT2D eigenvalue weighted by Crippen LogP contribution is -2.34. The summed E-state index contributed by atoms with van der Waals surface area (Å²) >= 11 is 0. The summed E-state index contributed by atoms with van der Waals surface area (Å²) in [5.41, 5.74) is 0. The van der Waals surface area contributed by atoms with Gasteiger partial charge in [-0.05, 0) is 13.3 Å². The van der Waals surface area contributed by atoms with E-state index in [1.807, 2.05) is 12.2 Å². The van der Waals surface area contributed by atoms with Crippen molar-refractivity contribution in [1.82, 2.24) is 0 Å². The SMILES string of the molecule is CCOC(C)(C)OC(=O)COC(=O)C1CC2C=CC1O2. The van der Waals surface area contributed by atoms with E-state index in [1.165, 1.54) is 0 Å². The Morgan fingerprint density at radius 2 is 2.10 bits per heavy atom. The van der Waals surface area contributed by atoms with E-state index in [4.69, 9.17) is 18.9 Å². The summed E-state index contributed by atoms with van der Waals surface area (Å²) in [5.74, 6) is -2.39. The van der Waals surface area contributed by atoms with E-state index in [9.17, 15) is 9.59 Å². The largest absolute Gasteiger partial charge is 0.453 e. The van der Waals surface area contributed by atoms with Gasteiger partial charge in [0.2, 0.25) is 5.79 Å². The van der Waals surface area contributed by atoms with Crippen molar-refractivity contribution in [2.24, 2.45) is 5.92 Å². The maximum absolute atomic E-state index is 11.9. The summed E-state index contributed by atoms with van der Waals surface area (Å²) in [6, 6.07) is 0. The standard InChI is InChI=1S/C14H20O6/c1-4-18-14(2,3)20-12(15)8-17-13(16)10-7-9-5-6-11(10)19-9/h5-6,9-11H,4,7-8H2,1-3H3. The van der Waals surface area contributed by atoms with Gasteiger partial charge < -0.3 is 18.9 Å². The molecule has 112 valence electrons. The van der Waals surface area contributed by atoms with E-state index in [0.29, 0.717) is 13.0 Å². The van der Waals surface area contributed by atoms with Gasteiger partial charge in [0.15, 0.2) is 6.61 Å². The summed E-state index contributed by atoms with van der Waals surface area (Å²) < 4.78 is 20.8. The second-order valence-corrected chi connectivity index (χ2v) is 5.28. The smallest absolute Gasteiger partial charge is 0.346 e.